The van der Waals surface area contributed by atoms with Gasteiger partial charge in [-0.15, -0.1) is 12.4 Å². The van der Waals surface area contributed by atoms with Crippen molar-refractivity contribution in [3.05, 3.63) is 53.2 Å². The standard InChI is InChI=1S/C26H26F3N5O.ClH/c27-26(28,29)23-15-22(5-4-21(23)16-30)34-13-9-20(10-14-34)25(35)33-24-6-3-19(17-32-24)2-1-18-7-11-31-12-8-18;/h3-6,15,17-18,20,31H,7-14H2,(H,32,33,35);1H. The molecule has 0 bridgehead atoms. The predicted molar refractivity (Wildman–Crippen MR) is 134 cm³/mol. The van der Waals surface area contributed by atoms with Gasteiger partial charge >= 0.3 is 6.18 Å². The monoisotopic (exact) mass is 517 g/mol. The van der Waals surface area contributed by atoms with Gasteiger partial charge in [0.25, 0.3) is 0 Å². The average Bonchev–Trinajstić information content (AvgIpc) is 2.88. The molecule has 2 N–H and O–H groups in total. The number of rotatable bonds is 3. The van der Waals surface area contributed by atoms with Crippen LogP contribution in [-0.4, -0.2) is 37.1 Å². The Hall–Kier alpha value is -3.27. The molecule has 10 heteroatoms. The molecule has 1 aromatic carbocycles. The number of hydrogen-bond donors (Lipinski definition) is 2. The van der Waals surface area contributed by atoms with E-state index in [1.54, 1.807) is 18.3 Å². The SMILES string of the molecule is Cl.N#Cc1ccc(N2CCC(C(=O)Nc3ccc(C#CC4CCNCC4)cn3)CC2)cc1C(F)(F)F. The maximum absolute atomic E-state index is 13.3. The van der Waals surface area contributed by atoms with E-state index >= 15 is 0 Å². The lowest BCUT2D eigenvalue weighted by molar-refractivity contribution is -0.137. The van der Waals surface area contributed by atoms with E-state index in [0.29, 0.717) is 43.4 Å². The smallest absolute Gasteiger partial charge is 0.371 e. The van der Waals surface area contributed by atoms with Crippen LogP contribution < -0.4 is 15.5 Å². The lowest BCUT2D eigenvalue weighted by Crippen LogP contribution is -2.38. The van der Waals surface area contributed by atoms with Crippen LogP contribution in [0.1, 0.15) is 42.4 Å². The third kappa shape index (κ3) is 6.90. The summed E-state index contributed by atoms with van der Waals surface area (Å²) in [6, 6.07) is 8.89. The number of halogens is 4. The number of hydrogen-bond acceptors (Lipinski definition) is 5. The van der Waals surface area contributed by atoms with Crippen molar-refractivity contribution < 1.29 is 18.0 Å². The Balaban J connectivity index is 0.00000361. The number of pyridine rings is 1. The number of nitriles is 1. The predicted octanol–water partition coefficient (Wildman–Crippen LogP) is 4.60. The molecule has 6 nitrogen and oxygen atoms in total. The number of nitrogens with zero attached hydrogens (tertiary/aromatic N) is 3. The summed E-state index contributed by atoms with van der Waals surface area (Å²) in [6.45, 7) is 2.87. The Bertz CT molecular complexity index is 1150. The van der Waals surface area contributed by atoms with Crippen LogP contribution in [-0.2, 0) is 11.0 Å². The van der Waals surface area contributed by atoms with Crippen LogP contribution in [0, 0.1) is 35.0 Å². The molecule has 0 aliphatic carbocycles. The van der Waals surface area contributed by atoms with E-state index in [9.17, 15) is 18.0 Å². The van der Waals surface area contributed by atoms with Crippen molar-refractivity contribution in [3.8, 4) is 17.9 Å². The van der Waals surface area contributed by atoms with E-state index in [4.69, 9.17) is 5.26 Å². The van der Waals surface area contributed by atoms with Gasteiger partial charge < -0.3 is 15.5 Å². The van der Waals surface area contributed by atoms with Crippen LogP contribution in [0.2, 0.25) is 0 Å². The van der Waals surface area contributed by atoms with Crippen molar-refractivity contribution in [1.29, 1.82) is 5.26 Å². The van der Waals surface area contributed by atoms with Gasteiger partial charge in [-0.05, 0) is 69.1 Å². The molecule has 36 heavy (non-hydrogen) atoms. The second-order valence-corrected chi connectivity index (χ2v) is 8.82. The fourth-order valence-electron chi connectivity index (χ4n) is 4.38. The molecule has 2 fully saturated rings. The summed E-state index contributed by atoms with van der Waals surface area (Å²) in [5.74, 6) is 6.87. The molecule has 0 unspecified atom stereocenters. The minimum atomic E-state index is -4.60. The highest BCUT2D eigenvalue weighted by atomic mass is 35.5. The first-order valence-corrected chi connectivity index (χ1v) is 11.7. The number of aromatic nitrogens is 1. The first kappa shape index (κ1) is 27.3. The topological polar surface area (TPSA) is 81.0 Å². The Morgan fingerprint density at radius 3 is 2.44 bits per heavy atom. The summed E-state index contributed by atoms with van der Waals surface area (Å²) in [4.78, 5) is 18.8. The summed E-state index contributed by atoms with van der Waals surface area (Å²) in [7, 11) is 0. The molecule has 190 valence electrons. The van der Waals surface area contributed by atoms with Gasteiger partial charge in [-0.1, -0.05) is 11.8 Å². The molecule has 2 aromatic rings. The van der Waals surface area contributed by atoms with Crippen LogP contribution in [0.25, 0.3) is 0 Å². The zero-order valence-electron chi connectivity index (χ0n) is 19.6. The van der Waals surface area contributed by atoms with Crippen molar-refractivity contribution in [3.63, 3.8) is 0 Å². The third-order valence-electron chi connectivity index (χ3n) is 6.43. The summed E-state index contributed by atoms with van der Waals surface area (Å²) in [5.41, 5.74) is -0.132. The maximum atomic E-state index is 13.3. The minimum Gasteiger partial charge on any atom is -0.371 e. The van der Waals surface area contributed by atoms with Crippen LogP contribution in [0.4, 0.5) is 24.7 Å². The molecule has 0 atom stereocenters. The lowest BCUT2D eigenvalue weighted by Gasteiger charge is -2.33. The Labute approximate surface area is 214 Å². The fourth-order valence-corrected chi connectivity index (χ4v) is 4.38. The van der Waals surface area contributed by atoms with E-state index in [-0.39, 0.29) is 24.2 Å². The molecule has 2 saturated heterocycles. The average molecular weight is 518 g/mol. The van der Waals surface area contributed by atoms with Gasteiger partial charge in [0.2, 0.25) is 5.91 Å². The number of amides is 1. The summed E-state index contributed by atoms with van der Waals surface area (Å²) in [6.07, 6.45) is 0.153. The minimum absolute atomic E-state index is 0. The van der Waals surface area contributed by atoms with E-state index in [1.807, 2.05) is 11.0 Å². The Morgan fingerprint density at radius 2 is 1.83 bits per heavy atom. The van der Waals surface area contributed by atoms with Crippen molar-refractivity contribution in [2.45, 2.75) is 31.9 Å². The third-order valence-corrected chi connectivity index (χ3v) is 6.43. The number of carbonyl (C=O) groups is 1. The first-order valence-electron chi connectivity index (χ1n) is 11.7. The Morgan fingerprint density at radius 1 is 1.11 bits per heavy atom. The summed E-state index contributed by atoms with van der Waals surface area (Å²) >= 11 is 0. The molecule has 1 aromatic heterocycles. The van der Waals surface area contributed by atoms with Crippen molar-refractivity contribution >= 4 is 29.8 Å². The van der Waals surface area contributed by atoms with E-state index in [2.05, 4.69) is 27.5 Å². The van der Waals surface area contributed by atoms with Gasteiger partial charge in [-0.2, -0.15) is 18.4 Å². The van der Waals surface area contributed by atoms with Gasteiger partial charge in [-0.25, -0.2) is 4.98 Å². The molecular formula is C26H27ClF3N5O. The van der Waals surface area contributed by atoms with E-state index < -0.39 is 17.3 Å². The van der Waals surface area contributed by atoms with Crippen molar-refractivity contribution in [2.75, 3.05) is 36.4 Å². The number of alkyl halides is 3. The number of piperidine rings is 2. The zero-order chi connectivity index (χ0) is 24.8. The molecule has 2 aliphatic heterocycles. The van der Waals surface area contributed by atoms with Gasteiger partial charge in [0.05, 0.1) is 17.2 Å². The molecule has 0 radical (unpaired) electrons. The first-order chi connectivity index (χ1) is 16.8. The van der Waals surface area contributed by atoms with E-state index in [0.717, 1.165) is 37.6 Å². The summed E-state index contributed by atoms with van der Waals surface area (Å²) < 4.78 is 39.8. The van der Waals surface area contributed by atoms with Gasteiger partial charge in [0.1, 0.15) is 5.82 Å². The van der Waals surface area contributed by atoms with Crippen molar-refractivity contribution in [2.24, 2.45) is 11.8 Å². The second-order valence-electron chi connectivity index (χ2n) is 8.82. The molecule has 0 spiro atoms. The second kappa shape index (κ2) is 12.1. The fraction of sp³-hybridized carbons (Fsp3) is 0.423. The highest BCUT2D eigenvalue weighted by molar-refractivity contribution is 5.91. The summed E-state index contributed by atoms with van der Waals surface area (Å²) in [5, 5.41) is 15.1. The maximum Gasteiger partial charge on any atom is 0.417 e. The van der Waals surface area contributed by atoms with E-state index in [1.165, 1.54) is 12.1 Å². The molecule has 0 saturated carbocycles. The van der Waals surface area contributed by atoms with Crippen molar-refractivity contribution in [1.82, 2.24) is 10.3 Å². The number of benzene rings is 1. The molecule has 3 heterocycles. The van der Waals surface area contributed by atoms with Crippen LogP contribution >= 0.6 is 12.4 Å². The number of anilines is 2. The quantitative estimate of drug-likeness (QED) is 0.582. The van der Waals surface area contributed by atoms with Gasteiger partial charge in [-0.3, -0.25) is 4.79 Å². The molecule has 2 aliphatic rings. The number of nitrogens with one attached hydrogen (secondary N) is 2. The number of carbonyl (C=O) groups excluding carboxylic acids is 1. The largest absolute Gasteiger partial charge is 0.417 e. The highest BCUT2D eigenvalue weighted by Gasteiger charge is 2.35. The normalized spacial score (nSPS) is 16.8. The lowest BCUT2D eigenvalue weighted by atomic mass is 9.95. The molecule has 1 amide bonds. The van der Waals surface area contributed by atoms with Gasteiger partial charge in [0, 0.05) is 42.4 Å². The van der Waals surface area contributed by atoms with Crippen LogP contribution in [0.15, 0.2) is 36.5 Å². The molecular weight excluding hydrogens is 491 g/mol. The van der Waals surface area contributed by atoms with Crippen LogP contribution in [0.3, 0.4) is 0 Å². The van der Waals surface area contributed by atoms with Gasteiger partial charge in [0.15, 0.2) is 0 Å². The highest BCUT2D eigenvalue weighted by Crippen LogP contribution is 2.35. The zero-order valence-corrected chi connectivity index (χ0v) is 20.4. The Kier molecular flexibility index (Phi) is 9.19. The van der Waals surface area contributed by atoms with Crippen LogP contribution in [0.5, 0.6) is 0 Å². The molecule has 4 rings (SSSR count).